The summed E-state index contributed by atoms with van der Waals surface area (Å²) in [6, 6.07) is 11.0. The number of carbonyl (C=O) groups is 4. The van der Waals surface area contributed by atoms with E-state index in [2.05, 4.69) is 30.6 Å². The van der Waals surface area contributed by atoms with Gasteiger partial charge in [-0.15, -0.1) is 0 Å². The molecular formula is C44H52N8O8. The molecule has 0 radical (unpaired) electrons. The summed E-state index contributed by atoms with van der Waals surface area (Å²) < 4.78 is 15.8. The number of alkyl carbamates (subject to hydrolysis) is 2. The summed E-state index contributed by atoms with van der Waals surface area (Å²) in [6.45, 7) is 10.4. The predicted octanol–water partition coefficient (Wildman–Crippen LogP) is 6.64. The van der Waals surface area contributed by atoms with Crippen molar-refractivity contribution >= 4 is 35.0 Å². The molecule has 5 aromatic rings. The maximum atomic E-state index is 14.0. The van der Waals surface area contributed by atoms with Gasteiger partial charge in [-0.05, 0) is 67.7 Å². The van der Waals surface area contributed by atoms with Gasteiger partial charge < -0.3 is 44.3 Å². The minimum absolute atomic E-state index is 0.135. The van der Waals surface area contributed by atoms with Gasteiger partial charge >= 0.3 is 12.2 Å². The van der Waals surface area contributed by atoms with Gasteiger partial charge in [0, 0.05) is 18.7 Å². The van der Waals surface area contributed by atoms with E-state index in [1.807, 2.05) is 64.1 Å². The number of aromatic nitrogens is 4. The number of nitrogens with zero attached hydrogens (tertiary/aromatic N) is 4. The Labute approximate surface area is 347 Å². The second-order valence-corrected chi connectivity index (χ2v) is 16.1. The highest BCUT2D eigenvalue weighted by atomic mass is 16.5. The Balaban J connectivity index is 1.07. The summed E-state index contributed by atoms with van der Waals surface area (Å²) in [7, 11) is 2.54. The molecule has 316 valence electrons. The molecule has 2 saturated heterocycles. The third kappa shape index (κ3) is 8.23. The zero-order valence-corrected chi connectivity index (χ0v) is 35.0. The lowest BCUT2D eigenvalue weighted by atomic mass is 10.00. The van der Waals surface area contributed by atoms with Gasteiger partial charge in [-0.2, -0.15) is 0 Å². The fourth-order valence-corrected chi connectivity index (χ4v) is 8.31. The van der Waals surface area contributed by atoms with Crippen LogP contribution in [-0.2, 0) is 19.1 Å². The molecule has 3 aromatic heterocycles. The number of nitrogens with one attached hydrogen (secondary N) is 4. The lowest BCUT2D eigenvalue weighted by Crippen LogP contribution is -2.51. The number of methoxy groups -OCH3 is 2. The van der Waals surface area contributed by atoms with Crippen molar-refractivity contribution in [1.29, 1.82) is 0 Å². The Morgan fingerprint density at radius 2 is 1.20 bits per heavy atom. The summed E-state index contributed by atoms with van der Waals surface area (Å²) in [5.41, 5.74) is 4.55. The Bertz CT molecular complexity index is 2450. The number of imidazole rings is 2. The van der Waals surface area contributed by atoms with E-state index < -0.39 is 24.3 Å². The SMILES string of the molecule is COC(=O)NC(C(=O)N1CCCC1c1ncc(-c2ccc(-c3c(C)oc4cc(-c5cnc(C6CCCN6C(=O)C(NC(=O)OC)C(C)C)[nH]5)ccc4c3=O)cc2)[nH]1)C(C)C. The number of hydrogen-bond acceptors (Lipinski definition) is 10. The van der Waals surface area contributed by atoms with Gasteiger partial charge in [0.15, 0.2) is 0 Å². The Hall–Kier alpha value is -6.45. The minimum atomic E-state index is -0.733. The number of H-pyrrole nitrogens is 2. The molecule has 2 aliphatic heterocycles. The van der Waals surface area contributed by atoms with E-state index in [0.717, 1.165) is 42.5 Å². The topological polar surface area (TPSA) is 205 Å². The second kappa shape index (κ2) is 17.4. The van der Waals surface area contributed by atoms with Crippen molar-refractivity contribution in [3.63, 3.8) is 0 Å². The van der Waals surface area contributed by atoms with Crippen molar-refractivity contribution in [2.45, 2.75) is 84.5 Å². The van der Waals surface area contributed by atoms with Crippen LogP contribution in [0.15, 0.2) is 64.1 Å². The monoisotopic (exact) mass is 820 g/mol. The summed E-state index contributed by atoms with van der Waals surface area (Å²) in [5.74, 6) is 1.13. The van der Waals surface area contributed by atoms with Crippen molar-refractivity contribution in [3.05, 3.63) is 82.5 Å². The molecule has 16 heteroatoms. The van der Waals surface area contributed by atoms with Gasteiger partial charge in [0.1, 0.15) is 35.1 Å². The molecule has 4 unspecified atom stereocenters. The average molecular weight is 821 g/mol. The standard InChI is InChI=1S/C44H52N8O8/c1-23(2)36(49-43(56)58-6)41(54)51-18-8-10-32(51)39-45-21-30(47-39)26-12-14-27(15-13-26)35-25(5)60-34-20-28(16-17-29(34)38(35)53)31-22-46-40(48-31)33-11-9-19-52(33)42(55)37(24(3)4)50-44(57)59-7/h12-17,20-24,32-33,36-37H,8-11,18-19H2,1-7H3,(H,45,47)(H,46,48)(H,49,56)(H,50,57). The molecule has 7 rings (SSSR count). The molecule has 5 heterocycles. The Kier molecular flexibility index (Phi) is 12.1. The van der Waals surface area contributed by atoms with E-state index in [-0.39, 0.29) is 41.2 Å². The molecule has 2 aliphatic rings. The smallest absolute Gasteiger partial charge is 0.407 e. The van der Waals surface area contributed by atoms with E-state index in [1.54, 1.807) is 35.2 Å². The first-order valence-electron chi connectivity index (χ1n) is 20.4. The number of ether oxygens (including phenoxy) is 2. The number of fused-ring (bicyclic) bond motifs is 1. The molecule has 60 heavy (non-hydrogen) atoms. The number of rotatable bonds is 11. The van der Waals surface area contributed by atoms with E-state index in [1.165, 1.54) is 14.2 Å². The first-order chi connectivity index (χ1) is 28.8. The van der Waals surface area contributed by atoms with Crippen LogP contribution in [0.4, 0.5) is 9.59 Å². The maximum absolute atomic E-state index is 14.0. The zero-order valence-electron chi connectivity index (χ0n) is 35.0. The minimum Gasteiger partial charge on any atom is -0.460 e. The number of benzene rings is 2. The molecule has 0 bridgehead atoms. The molecule has 0 aliphatic carbocycles. The van der Waals surface area contributed by atoms with Crippen LogP contribution in [0.2, 0.25) is 0 Å². The van der Waals surface area contributed by atoms with E-state index in [0.29, 0.717) is 58.3 Å². The highest BCUT2D eigenvalue weighted by Crippen LogP contribution is 2.35. The largest absolute Gasteiger partial charge is 0.460 e. The van der Waals surface area contributed by atoms with Gasteiger partial charge in [-0.25, -0.2) is 19.6 Å². The van der Waals surface area contributed by atoms with Crippen LogP contribution in [0.1, 0.15) is 82.9 Å². The van der Waals surface area contributed by atoms with Gasteiger partial charge in [0.05, 0.1) is 61.0 Å². The number of aromatic amines is 2. The molecule has 16 nitrogen and oxygen atoms in total. The van der Waals surface area contributed by atoms with Crippen LogP contribution in [0.5, 0.6) is 0 Å². The van der Waals surface area contributed by atoms with Crippen LogP contribution in [0, 0.1) is 18.8 Å². The summed E-state index contributed by atoms with van der Waals surface area (Å²) in [4.78, 5) is 84.8. The predicted molar refractivity (Wildman–Crippen MR) is 224 cm³/mol. The Morgan fingerprint density at radius 1 is 0.733 bits per heavy atom. The van der Waals surface area contributed by atoms with Crippen molar-refractivity contribution in [1.82, 2.24) is 40.4 Å². The van der Waals surface area contributed by atoms with E-state index in [9.17, 15) is 24.0 Å². The highest BCUT2D eigenvalue weighted by Gasteiger charge is 2.39. The van der Waals surface area contributed by atoms with Crippen LogP contribution in [0.25, 0.3) is 44.6 Å². The molecule has 4 N–H and O–H groups in total. The van der Waals surface area contributed by atoms with Crippen LogP contribution in [0.3, 0.4) is 0 Å². The molecule has 4 amide bonds. The zero-order chi connectivity index (χ0) is 42.8. The highest BCUT2D eigenvalue weighted by molar-refractivity contribution is 5.88. The third-order valence-electron chi connectivity index (χ3n) is 11.5. The number of aryl methyl sites for hydroxylation is 1. The lowest BCUT2D eigenvalue weighted by molar-refractivity contribution is -0.136. The summed E-state index contributed by atoms with van der Waals surface area (Å²) in [6.07, 6.45) is 5.22. The molecular weight excluding hydrogens is 769 g/mol. The first kappa shape index (κ1) is 41.7. The maximum Gasteiger partial charge on any atom is 0.407 e. The third-order valence-corrected chi connectivity index (χ3v) is 11.5. The van der Waals surface area contributed by atoms with E-state index in [4.69, 9.17) is 13.9 Å². The van der Waals surface area contributed by atoms with Crippen molar-refractivity contribution in [2.75, 3.05) is 27.3 Å². The summed E-state index contributed by atoms with van der Waals surface area (Å²) in [5, 5.41) is 5.79. The molecule has 4 atom stereocenters. The van der Waals surface area contributed by atoms with Crippen molar-refractivity contribution < 1.29 is 33.1 Å². The number of amides is 4. The van der Waals surface area contributed by atoms with Crippen LogP contribution in [-0.4, -0.2) is 93.1 Å². The van der Waals surface area contributed by atoms with Gasteiger partial charge in [-0.1, -0.05) is 58.0 Å². The molecule has 0 saturated carbocycles. The molecule has 2 fully saturated rings. The first-order valence-corrected chi connectivity index (χ1v) is 20.4. The van der Waals surface area contributed by atoms with Gasteiger partial charge in [0.25, 0.3) is 0 Å². The van der Waals surface area contributed by atoms with Crippen molar-refractivity contribution in [3.8, 4) is 33.6 Å². The Morgan fingerprint density at radius 3 is 1.68 bits per heavy atom. The van der Waals surface area contributed by atoms with Crippen molar-refractivity contribution in [2.24, 2.45) is 11.8 Å². The number of hydrogen-bond donors (Lipinski definition) is 4. The number of carbonyl (C=O) groups excluding carboxylic acids is 4. The molecule has 0 spiro atoms. The normalized spacial score (nSPS) is 17.6. The van der Waals surface area contributed by atoms with Gasteiger partial charge in [-0.3, -0.25) is 14.4 Å². The number of likely N-dealkylation sites (tertiary alicyclic amines) is 2. The average Bonchev–Trinajstić information content (AvgIpc) is 4.08. The molecule has 2 aromatic carbocycles. The summed E-state index contributed by atoms with van der Waals surface area (Å²) >= 11 is 0. The lowest BCUT2D eigenvalue weighted by Gasteiger charge is -2.30. The fourth-order valence-electron chi connectivity index (χ4n) is 8.31. The van der Waals surface area contributed by atoms with Crippen LogP contribution < -0.4 is 16.1 Å². The van der Waals surface area contributed by atoms with Gasteiger partial charge in [0.2, 0.25) is 17.2 Å². The second-order valence-electron chi connectivity index (χ2n) is 16.1. The van der Waals surface area contributed by atoms with Crippen LogP contribution >= 0.6 is 0 Å². The van der Waals surface area contributed by atoms with E-state index >= 15 is 0 Å². The fraction of sp³-hybridized carbons (Fsp3) is 0.432. The quantitative estimate of drug-likeness (QED) is 0.112.